The molecule has 3 aromatic carbocycles. The Morgan fingerprint density at radius 1 is 0.765 bits per heavy atom. The van der Waals surface area contributed by atoms with Crippen molar-refractivity contribution in [2.75, 3.05) is 25.1 Å². The summed E-state index contributed by atoms with van der Waals surface area (Å²) < 4.78 is 5.31. The van der Waals surface area contributed by atoms with Gasteiger partial charge in [0, 0.05) is 18.7 Å². The van der Waals surface area contributed by atoms with E-state index in [9.17, 15) is 19.6 Å². The molecule has 2 heterocycles. The van der Waals surface area contributed by atoms with Crippen LogP contribution in [0.15, 0.2) is 71.9 Å². The van der Waals surface area contributed by atoms with E-state index in [0.717, 1.165) is 11.1 Å². The number of hydrogen-bond acceptors (Lipinski definition) is 6. The monoisotopic (exact) mass is 455 g/mol. The van der Waals surface area contributed by atoms with Crippen molar-refractivity contribution in [3.05, 3.63) is 83.4 Å². The van der Waals surface area contributed by atoms with Crippen LogP contribution in [-0.2, 0) is 4.79 Å². The van der Waals surface area contributed by atoms with Crippen LogP contribution in [0.4, 0.5) is 5.69 Å². The predicted molar refractivity (Wildman–Crippen MR) is 126 cm³/mol. The molecule has 2 aliphatic heterocycles. The molecule has 0 unspecified atom stereocenters. The van der Waals surface area contributed by atoms with Gasteiger partial charge in [-0.2, -0.15) is 0 Å². The van der Waals surface area contributed by atoms with Crippen LogP contribution in [0.1, 0.15) is 32.7 Å². The second-order valence-electron chi connectivity index (χ2n) is 8.03. The largest absolute Gasteiger partial charge is 0.497 e. The summed E-state index contributed by atoms with van der Waals surface area (Å²) in [4.78, 5) is 40.9. The first kappa shape index (κ1) is 21.4. The maximum atomic E-state index is 12.9. The lowest BCUT2D eigenvalue weighted by molar-refractivity contribution is -0.112. The first-order chi connectivity index (χ1) is 16.5. The van der Waals surface area contributed by atoms with Gasteiger partial charge < -0.3 is 14.8 Å². The molecule has 0 saturated heterocycles. The zero-order valence-corrected chi connectivity index (χ0v) is 18.4. The lowest BCUT2D eigenvalue weighted by atomic mass is 10.0. The van der Waals surface area contributed by atoms with Crippen LogP contribution in [0.5, 0.6) is 5.75 Å². The Labute approximate surface area is 195 Å². The molecule has 8 nitrogen and oxygen atoms in total. The number of carbonyl (C=O) groups is 3. The van der Waals surface area contributed by atoms with Crippen molar-refractivity contribution in [3.8, 4) is 16.9 Å². The average molecular weight is 455 g/mol. The fourth-order valence-corrected chi connectivity index (χ4v) is 4.44. The van der Waals surface area contributed by atoms with Crippen LogP contribution in [0.25, 0.3) is 11.1 Å². The van der Waals surface area contributed by atoms with E-state index in [1.54, 1.807) is 37.4 Å². The molecule has 0 spiro atoms. The zero-order valence-electron chi connectivity index (χ0n) is 18.4. The standard InChI is InChI=1S/C26H21N3O5/c1-34-18-7-4-6-16(14-18)17-10-11-21-22(15-17)28(26(32)23(21)27-33)12-5-13-29-24(30)19-8-2-3-9-20(19)25(29)31/h2-4,6-11,14-15,33H,5,12-13H2,1H3/b27-23+. The number of nitrogens with zero attached hydrogens (tertiary/aromatic N) is 3. The number of ether oxygens (including phenoxy) is 1. The highest BCUT2D eigenvalue weighted by Gasteiger charge is 2.37. The number of hydrogen-bond donors (Lipinski definition) is 1. The van der Waals surface area contributed by atoms with Crippen LogP contribution < -0.4 is 9.64 Å². The van der Waals surface area contributed by atoms with Crippen LogP contribution in [0.3, 0.4) is 0 Å². The van der Waals surface area contributed by atoms with Crippen molar-refractivity contribution in [1.29, 1.82) is 0 Å². The van der Waals surface area contributed by atoms with E-state index in [-0.39, 0.29) is 30.6 Å². The summed E-state index contributed by atoms with van der Waals surface area (Å²) in [6, 6.07) is 19.8. The van der Waals surface area contributed by atoms with Crippen molar-refractivity contribution < 1.29 is 24.3 Å². The van der Waals surface area contributed by atoms with Gasteiger partial charge in [0.25, 0.3) is 17.7 Å². The summed E-state index contributed by atoms with van der Waals surface area (Å²) in [7, 11) is 1.60. The van der Waals surface area contributed by atoms with E-state index in [2.05, 4.69) is 5.16 Å². The summed E-state index contributed by atoms with van der Waals surface area (Å²) >= 11 is 0. The SMILES string of the molecule is COc1cccc(-c2ccc3c(c2)N(CCCN2C(=O)c4ccccc4C2=O)C(=O)/C3=N/O)c1. The van der Waals surface area contributed by atoms with Gasteiger partial charge in [-0.15, -0.1) is 0 Å². The van der Waals surface area contributed by atoms with Gasteiger partial charge in [-0.25, -0.2) is 0 Å². The molecule has 3 aromatic rings. The number of amides is 3. The van der Waals surface area contributed by atoms with E-state index >= 15 is 0 Å². The van der Waals surface area contributed by atoms with Crippen LogP contribution in [-0.4, -0.2) is 53.7 Å². The normalized spacial score (nSPS) is 15.8. The number of methoxy groups -OCH3 is 1. The average Bonchev–Trinajstić information content (AvgIpc) is 3.28. The number of carbonyl (C=O) groups excluding carboxylic acids is 3. The Hall–Kier alpha value is -4.46. The summed E-state index contributed by atoms with van der Waals surface area (Å²) in [5.41, 5.74) is 3.68. The van der Waals surface area contributed by atoms with Gasteiger partial charge in [-0.3, -0.25) is 19.3 Å². The molecule has 170 valence electrons. The molecule has 0 bridgehead atoms. The fraction of sp³-hybridized carbons (Fsp3) is 0.154. The van der Waals surface area contributed by atoms with E-state index in [0.29, 0.717) is 34.5 Å². The highest BCUT2D eigenvalue weighted by atomic mass is 16.5. The molecular weight excluding hydrogens is 434 g/mol. The fourth-order valence-electron chi connectivity index (χ4n) is 4.44. The van der Waals surface area contributed by atoms with E-state index in [4.69, 9.17) is 4.74 Å². The highest BCUT2D eigenvalue weighted by Crippen LogP contribution is 2.35. The quantitative estimate of drug-likeness (QED) is 0.348. The Balaban J connectivity index is 1.38. The minimum absolute atomic E-state index is 0.0343. The third kappa shape index (κ3) is 3.40. The van der Waals surface area contributed by atoms with Crippen molar-refractivity contribution >= 4 is 29.1 Å². The Morgan fingerprint density at radius 2 is 1.44 bits per heavy atom. The minimum Gasteiger partial charge on any atom is -0.497 e. The maximum absolute atomic E-state index is 12.9. The van der Waals surface area contributed by atoms with Gasteiger partial charge in [-0.05, 0) is 53.9 Å². The summed E-state index contributed by atoms with van der Waals surface area (Å²) in [6.45, 7) is 0.423. The molecule has 3 amide bonds. The molecule has 5 rings (SSSR count). The topological polar surface area (TPSA) is 99.5 Å². The van der Waals surface area contributed by atoms with Gasteiger partial charge in [0.05, 0.1) is 23.9 Å². The number of fused-ring (bicyclic) bond motifs is 2. The smallest absolute Gasteiger partial charge is 0.281 e. The molecule has 0 aromatic heterocycles. The summed E-state index contributed by atoms with van der Waals surface area (Å²) in [5, 5.41) is 12.7. The van der Waals surface area contributed by atoms with Crippen LogP contribution >= 0.6 is 0 Å². The molecule has 0 aliphatic carbocycles. The highest BCUT2D eigenvalue weighted by molar-refractivity contribution is 6.54. The third-order valence-corrected chi connectivity index (χ3v) is 6.14. The van der Waals surface area contributed by atoms with Crippen LogP contribution in [0, 0.1) is 0 Å². The Kier molecular flexibility index (Phi) is 5.33. The van der Waals surface area contributed by atoms with Crippen molar-refractivity contribution in [1.82, 2.24) is 4.90 Å². The molecule has 0 saturated carbocycles. The van der Waals surface area contributed by atoms with Crippen molar-refractivity contribution in [2.24, 2.45) is 5.16 Å². The van der Waals surface area contributed by atoms with Gasteiger partial charge in [-0.1, -0.05) is 35.5 Å². The number of rotatable bonds is 6. The second kappa shape index (κ2) is 8.47. The van der Waals surface area contributed by atoms with Crippen molar-refractivity contribution in [3.63, 3.8) is 0 Å². The number of anilines is 1. The first-order valence-electron chi connectivity index (χ1n) is 10.8. The van der Waals surface area contributed by atoms with E-state index < -0.39 is 5.91 Å². The molecule has 2 aliphatic rings. The first-order valence-corrected chi connectivity index (χ1v) is 10.8. The molecule has 0 atom stereocenters. The molecule has 34 heavy (non-hydrogen) atoms. The summed E-state index contributed by atoms with van der Waals surface area (Å²) in [5.74, 6) is -0.370. The molecule has 0 fully saturated rings. The Bertz CT molecular complexity index is 1330. The number of imide groups is 1. The van der Waals surface area contributed by atoms with Crippen molar-refractivity contribution in [2.45, 2.75) is 6.42 Å². The van der Waals surface area contributed by atoms with Gasteiger partial charge in [0.15, 0.2) is 5.71 Å². The van der Waals surface area contributed by atoms with Gasteiger partial charge in [0.1, 0.15) is 5.75 Å². The van der Waals surface area contributed by atoms with E-state index in [1.807, 2.05) is 36.4 Å². The molecule has 8 heteroatoms. The maximum Gasteiger partial charge on any atom is 0.281 e. The van der Waals surface area contributed by atoms with E-state index in [1.165, 1.54) is 9.80 Å². The third-order valence-electron chi connectivity index (χ3n) is 6.14. The number of oxime groups is 1. The molecule has 0 radical (unpaired) electrons. The Morgan fingerprint density at radius 3 is 2.12 bits per heavy atom. The van der Waals surface area contributed by atoms with Gasteiger partial charge in [0.2, 0.25) is 0 Å². The zero-order chi connectivity index (χ0) is 23.8. The summed E-state index contributed by atoms with van der Waals surface area (Å²) in [6.07, 6.45) is 0.374. The lowest BCUT2D eigenvalue weighted by Gasteiger charge is -2.20. The predicted octanol–water partition coefficient (Wildman–Crippen LogP) is 3.57. The van der Waals surface area contributed by atoms with Crippen LogP contribution in [0.2, 0.25) is 0 Å². The lowest BCUT2D eigenvalue weighted by Crippen LogP contribution is -2.35. The van der Waals surface area contributed by atoms with Gasteiger partial charge >= 0.3 is 0 Å². The second-order valence-corrected chi connectivity index (χ2v) is 8.03. The number of benzene rings is 3. The minimum atomic E-state index is -0.428. The molecule has 1 N–H and O–H groups in total. The molecular formula is C26H21N3O5.